The first kappa shape index (κ1) is 9.26. The van der Waals surface area contributed by atoms with Crippen molar-refractivity contribution in [1.29, 1.82) is 0 Å². The lowest BCUT2D eigenvalue weighted by atomic mass is 10.1. The monoisotopic (exact) mass is 184 g/mol. The molecule has 0 N–H and O–H groups in total. The number of hydrogen-bond donors (Lipinski definition) is 0. The lowest BCUT2D eigenvalue weighted by Gasteiger charge is -2.00. The molecular formula is C9H12O2S. The van der Waals surface area contributed by atoms with Gasteiger partial charge in [-0.1, -0.05) is 6.92 Å². The highest BCUT2D eigenvalue weighted by atomic mass is 32.1. The smallest absolute Gasteiger partial charge is 0.339 e. The van der Waals surface area contributed by atoms with Gasteiger partial charge in [0, 0.05) is 5.38 Å². The third kappa shape index (κ3) is 1.85. The zero-order chi connectivity index (χ0) is 8.97. The van der Waals surface area contributed by atoms with Crippen molar-refractivity contribution in [2.75, 3.05) is 6.61 Å². The number of rotatable bonds is 3. The number of thiophene rings is 1. The van der Waals surface area contributed by atoms with Gasteiger partial charge in [-0.15, -0.1) is 0 Å². The van der Waals surface area contributed by atoms with Crippen LogP contribution < -0.4 is 0 Å². The molecule has 2 nitrogen and oxygen atoms in total. The van der Waals surface area contributed by atoms with Gasteiger partial charge in [-0.25, -0.2) is 4.79 Å². The van der Waals surface area contributed by atoms with Crippen LogP contribution in [0.1, 0.15) is 29.8 Å². The zero-order valence-electron chi connectivity index (χ0n) is 7.29. The molecule has 0 aliphatic carbocycles. The fourth-order valence-electron chi connectivity index (χ4n) is 0.985. The molecule has 1 aromatic rings. The molecular weight excluding hydrogens is 172 g/mol. The Balaban J connectivity index is 2.79. The molecule has 0 atom stereocenters. The minimum absolute atomic E-state index is 0.199. The average molecular weight is 184 g/mol. The number of carbonyl (C=O) groups excluding carboxylic acids is 1. The first-order valence-corrected chi connectivity index (χ1v) is 4.96. The summed E-state index contributed by atoms with van der Waals surface area (Å²) in [7, 11) is 0. The SMILES string of the molecule is CCOC(=O)c1cscc1CC. The van der Waals surface area contributed by atoms with Gasteiger partial charge in [0.2, 0.25) is 0 Å². The van der Waals surface area contributed by atoms with E-state index >= 15 is 0 Å². The molecule has 0 radical (unpaired) electrons. The Labute approximate surface area is 76.2 Å². The Morgan fingerprint density at radius 3 is 2.83 bits per heavy atom. The highest BCUT2D eigenvalue weighted by Gasteiger charge is 2.11. The van der Waals surface area contributed by atoms with E-state index in [0.717, 1.165) is 17.5 Å². The molecule has 0 fully saturated rings. The van der Waals surface area contributed by atoms with Gasteiger partial charge in [-0.3, -0.25) is 0 Å². The van der Waals surface area contributed by atoms with Crippen molar-refractivity contribution in [3.05, 3.63) is 21.9 Å². The highest BCUT2D eigenvalue weighted by molar-refractivity contribution is 7.08. The molecule has 1 heterocycles. The number of hydrogen-bond acceptors (Lipinski definition) is 3. The van der Waals surface area contributed by atoms with Gasteiger partial charge in [-0.05, 0) is 24.3 Å². The van der Waals surface area contributed by atoms with E-state index < -0.39 is 0 Å². The van der Waals surface area contributed by atoms with Crippen molar-refractivity contribution in [1.82, 2.24) is 0 Å². The van der Waals surface area contributed by atoms with Gasteiger partial charge in [0.05, 0.1) is 12.2 Å². The first-order valence-electron chi connectivity index (χ1n) is 4.01. The van der Waals surface area contributed by atoms with Gasteiger partial charge in [0.25, 0.3) is 0 Å². The van der Waals surface area contributed by atoms with E-state index in [4.69, 9.17) is 4.74 Å². The van der Waals surface area contributed by atoms with Crippen LogP contribution in [0.4, 0.5) is 0 Å². The van der Waals surface area contributed by atoms with E-state index in [1.54, 1.807) is 11.3 Å². The number of esters is 1. The van der Waals surface area contributed by atoms with Crippen LogP contribution >= 0.6 is 11.3 Å². The van der Waals surface area contributed by atoms with E-state index in [9.17, 15) is 4.79 Å². The first-order chi connectivity index (χ1) is 5.79. The van der Waals surface area contributed by atoms with Crippen LogP contribution in [0.5, 0.6) is 0 Å². The molecule has 0 saturated carbocycles. The Morgan fingerprint density at radius 2 is 2.25 bits per heavy atom. The molecule has 0 amide bonds. The van der Waals surface area contributed by atoms with Crippen LogP contribution in [0, 0.1) is 0 Å². The minimum Gasteiger partial charge on any atom is -0.462 e. The average Bonchev–Trinajstić information content (AvgIpc) is 2.51. The summed E-state index contributed by atoms with van der Waals surface area (Å²) in [6.45, 7) is 4.29. The van der Waals surface area contributed by atoms with E-state index in [-0.39, 0.29) is 5.97 Å². The van der Waals surface area contributed by atoms with Crippen LogP contribution in [0.15, 0.2) is 10.8 Å². The molecule has 12 heavy (non-hydrogen) atoms. The summed E-state index contributed by atoms with van der Waals surface area (Å²) in [5, 5.41) is 3.84. The normalized spacial score (nSPS) is 9.83. The summed E-state index contributed by atoms with van der Waals surface area (Å²) in [5.74, 6) is -0.199. The quantitative estimate of drug-likeness (QED) is 0.674. The van der Waals surface area contributed by atoms with Gasteiger partial charge < -0.3 is 4.74 Å². The van der Waals surface area contributed by atoms with Crippen LogP contribution in [-0.2, 0) is 11.2 Å². The van der Waals surface area contributed by atoms with E-state index in [0.29, 0.717) is 6.61 Å². The second-order valence-corrected chi connectivity index (χ2v) is 3.13. The Bertz CT molecular complexity index is 265. The second kappa shape index (κ2) is 4.26. The summed E-state index contributed by atoms with van der Waals surface area (Å²) in [6, 6.07) is 0. The number of aryl methyl sites for hydroxylation is 1. The van der Waals surface area contributed by atoms with Crippen molar-refractivity contribution >= 4 is 17.3 Å². The minimum atomic E-state index is -0.199. The fourth-order valence-corrected chi connectivity index (χ4v) is 1.89. The summed E-state index contributed by atoms with van der Waals surface area (Å²) < 4.78 is 4.90. The van der Waals surface area contributed by atoms with Gasteiger partial charge in [0.1, 0.15) is 0 Å². The largest absolute Gasteiger partial charge is 0.462 e. The molecule has 0 saturated heterocycles. The molecule has 0 unspecified atom stereocenters. The third-order valence-corrected chi connectivity index (χ3v) is 2.41. The van der Waals surface area contributed by atoms with Crippen molar-refractivity contribution < 1.29 is 9.53 Å². The van der Waals surface area contributed by atoms with Gasteiger partial charge in [-0.2, -0.15) is 11.3 Å². The molecule has 0 spiro atoms. The summed E-state index contributed by atoms with van der Waals surface area (Å²) in [4.78, 5) is 11.3. The number of carbonyl (C=O) groups is 1. The lowest BCUT2D eigenvalue weighted by Crippen LogP contribution is -2.05. The predicted molar refractivity (Wildman–Crippen MR) is 49.7 cm³/mol. The topological polar surface area (TPSA) is 26.3 Å². The van der Waals surface area contributed by atoms with E-state index in [2.05, 4.69) is 0 Å². The van der Waals surface area contributed by atoms with Crippen molar-refractivity contribution in [3.63, 3.8) is 0 Å². The molecule has 0 bridgehead atoms. The van der Waals surface area contributed by atoms with Crippen molar-refractivity contribution in [2.45, 2.75) is 20.3 Å². The lowest BCUT2D eigenvalue weighted by molar-refractivity contribution is 0.0526. The zero-order valence-corrected chi connectivity index (χ0v) is 8.11. The highest BCUT2D eigenvalue weighted by Crippen LogP contribution is 2.16. The van der Waals surface area contributed by atoms with Gasteiger partial charge in [0.15, 0.2) is 0 Å². The standard InChI is InChI=1S/C9H12O2S/c1-3-7-5-12-6-8(7)9(10)11-4-2/h5-6H,3-4H2,1-2H3. The van der Waals surface area contributed by atoms with Crippen molar-refractivity contribution in [3.8, 4) is 0 Å². The summed E-state index contributed by atoms with van der Waals surface area (Å²) in [6.07, 6.45) is 0.887. The Hall–Kier alpha value is -0.830. The molecule has 1 rings (SSSR count). The van der Waals surface area contributed by atoms with Crippen LogP contribution in [0.2, 0.25) is 0 Å². The van der Waals surface area contributed by atoms with E-state index in [1.165, 1.54) is 0 Å². The molecule has 1 aromatic heterocycles. The maximum absolute atomic E-state index is 11.3. The second-order valence-electron chi connectivity index (χ2n) is 2.38. The predicted octanol–water partition coefficient (Wildman–Crippen LogP) is 2.49. The Kier molecular flexibility index (Phi) is 3.29. The fraction of sp³-hybridized carbons (Fsp3) is 0.444. The van der Waals surface area contributed by atoms with Gasteiger partial charge >= 0.3 is 5.97 Å². The van der Waals surface area contributed by atoms with Crippen LogP contribution in [0.3, 0.4) is 0 Å². The molecule has 0 aliphatic heterocycles. The van der Waals surface area contributed by atoms with E-state index in [1.807, 2.05) is 24.6 Å². The maximum atomic E-state index is 11.3. The van der Waals surface area contributed by atoms with Crippen molar-refractivity contribution in [2.24, 2.45) is 0 Å². The molecule has 66 valence electrons. The number of ether oxygens (including phenoxy) is 1. The third-order valence-electron chi connectivity index (χ3n) is 1.62. The summed E-state index contributed by atoms with van der Waals surface area (Å²) >= 11 is 1.54. The Morgan fingerprint density at radius 1 is 1.50 bits per heavy atom. The van der Waals surface area contributed by atoms with Crippen LogP contribution in [-0.4, -0.2) is 12.6 Å². The summed E-state index contributed by atoms with van der Waals surface area (Å²) in [5.41, 5.74) is 1.81. The molecule has 0 aromatic carbocycles. The molecule has 0 aliphatic rings. The van der Waals surface area contributed by atoms with Crippen LogP contribution in [0.25, 0.3) is 0 Å². The molecule has 3 heteroatoms. The maximum Gasteiger partial charge on any atom is 0.339 e.